The molecule has 1 heterocycles. The molecule has 86 valence electrons. The Bertz CT molecular complexity index is 424. The molecule has 0 spiro atoms. The molecule has 0 aliphatic rings. The number of hydrogen-bond acceptors (Lipinski definition) is 4. The van der Waals surface area contributed by atoms with Gasteiger partial charge in [0.05, 0.1) is 6.20 Å². The summed E-state index contributed by atoms with van der Waals surface area (Å²) in [6.07, 6.45) is 2.79. The number of nitrogens with two attached hydrogens (primary N) is 1. The zero-order chi connectivity index (χ0) is 11.6. The first-order chi connectivity index (χ1) is 6.84. The summed E-state index contributed by atoms with van der Waals surface area (Å²) in [6.45, 7) is 2.05. The Morgan fingerprint density at radius 2 is 2.27 bits per heavy atom. The molecular weight excluding hydrogens is 216 g/mol. The van der Waals surface area contributed by atoms with Crippen molar-refractivity contribution in [1.82, 2.24) is 14.1 Å². The minimum atomic E-state index is -3.44. The number of aromatic nitrogens is 2. The van der Waals surface area contributed by atoms with Crippen LogP contribution in [0.15, 0.2) is 17.3 Å². The monoisotopic (exact) mass is 232 g/mol. The van der Waals surface area contributed by atoms with Crippen LogP contribution in [0.4, 0.5) is 0 Å². The lowest BCUT2D eigenvalue weighted by Gasteiger charge is -2.17. The van der Waals surface area contributed by atoms with Crippen LogP contribution in [0.1, 0.15) is 6.92 Å². The fraction of sp³-hybridized carbons (Fsp3) is 0.625. The van der Waals surface area contributed by atoms with Crippen molar-refractivity contribution in [2.24, 2.45) is 12.8 Å². The molecule has 0 amide bonds. The molecule has 2 N–H and O–H groups in total. The summed E-state index contributed by atoms with van der Waals surface area (Å²) < 4.78 is 26.5. The first-order valence-electron chi connectivity index (χ1n) is 4.54. The third-order valence-electron chi connectivity index (χ3n) is 1.93. The molecule has 1 rings (SSSR count). The summed E-state index contributed by atoms with van der Waals surface area (Å²) in [6, 6.07) is -0.193. The average Bonchev–Trinajstić information content (AvgIpc) is 2.50. The first kappa shape index (κ1) is 12.2. The molecule has 1 aromatic rings. The maximum Gasteiger partial charge on any atom is 0.245 e. The van der Waals surface area contributed by atoms with E-state index < -0.39 is 10.0 Å². The molecule has 15 heavy (non-hydrogen) atoms. The summed E-state index contributed by atoms with van der Waals surface area (Å²) in [5, 5.41) is 3.82. The normalized spacial score (nSPS) is 14.5. The topological polar surface area (TPSA) is 81.2 Å². The van der Waals surface area contributed by atoms with Gasteiger partial charge in [0.2, 0.25) is 10.0 Å². The van der Waals surface area contributed by atoms with Gasteiger partial charge >= 0.3 is 0 Å². The first-order valence-corrected chi connectivity index (χ1v) is 5.98. The maximum atomic E-state index is 11.9. The summed E-state index contributed by atoms with van der Waals surface area (Å²) in [5.74, 6) is 0. The van der Waals surface area contributed by atoms with E-state index in [9.17, 15) is 8.42 Å². The molecule has 0 radical (unpaired) electrons. The fourth-order valence-electron chi connectivity index (χ4n) is 1.22. The molecule has 1 aromatic heterocycles. The van der Waals surface area contributed by atoms with E-state index in [4.69, 9.17) is 5.73 Å². The van der Waals surface area contributed by atoms with Crippen molar-refractivity contribution in [2.75, 3.05) is 13.6 Å². The molecule has 0 saturated carbocycles. The second-order valence-electron chi connectivity index (χ2n) is 3.61. The number of rotatable bonds is 4. The van der Waals surface area contributed by atoms with Gasteiger partial charge < -0.3 is 5.73 Å². The highest BCUT2D eigenvalue weighted by Gasteiger charge is 2.22. The predicted molar refractivity (Wildman–Crippen MR) is 56.7 cm³/mol. The van der Waals surface area contributed by atoms with Gasteiger partial charge in [-0.1, -0.05) is 0 Å². The van der Waals surface area contributed by atoms with Crippen molar-refractivity contribution in [2.45, 2.75) is 17.9 Å². The van der Waals surface area contributed by atoms with Gasteiger partial charge in [-0.15, -0.1) is 0 Å². The smallest absolute Gasteiger partial charge is 0.245 e. The van der Waals surface area contributed by atoms with Crippen molar-refractivity contribution in [1.29, 1.82) is 0 Å². The summed E-state index contributed by atoms with van der Waals surface area (Å²) in [7, 11) is -0.266. The van der Waals surface area contributed by atoms with E-state index in [1.165, 1.54) is 28.4 Å². The summed E-state index contributed by atoms with van der Waals surface area (Å²) in [4.78, 5) is 0.188. The standard InChI is InChI=1S/C8H16N4O2S/c1-7(9)5-12(3)15(13,14)8-4-10-11(2)6-8/h4,6-7H,5,9H2,1-3H3. The third-order valence-corrected chi connectivity index (χ3v) is 3.71. The fourth-order valence-corrected chi connectivity index (χ4v) is 2.47. The van der Waals surface area contributed by atoms with E-state index in [-0.39, 0.29) is 17.5 Å². The van der Waals surface area contributed by atoms with Gasteiger partial charge in [-0.2, -0.15) is 9.40 Å². The van der Waals surface area contributed by atoms with Gasteiger partial charge in [0, 0.05) is 32.9 Å². The van der Waals surface area contributed by atoms with Crippen molar-refractivity contribution in [3.8, 4) is 0 Å². The van der Waals surface area contributed by atoms with Crippen molar-refractivity contribution in [3.63, 3.8) is 0 Å². The van der Waals surface area contributed by atoms with Crippen LogP contribution in [0.5, 0.6) is 0 Å². The molecule has 0 fully saturated rings. The summed E-state index contributed by atoms with van der Waals surface area (Å²) in [5.41, 5.74) is 5.55. The van der Waals surface area contributed by atoms with Crippen molar-refractivity contribution >= 4 is 10.0 Å². The van der Waals surface area contributed by atoms with Crippen molar-refractivity contribution in [3.05, 3.63) is 12.4 Å². The van der Waals surface area contributed by atoms with Gasteiger partial charge in [-0.05, 0) is 6.92 Å². The lowest BCUT2D eigenvalue weighted by molar-refractivity contribution is 0.445. The van der Waals surface area contributed by atoms with Crippen LogP contribution in [-0.2, 0) is 17.1 Å². The number of nitrogens with zero attached hydrogens (tertiary/aromatic N) is 3. The van der Waals surface area contributed by atoms with E-state index in [2.05, 4.69) is 5.10 Å². The Kier molecular flexibility index (Phi) is 3.48. The lowest BCUT2D eigenvalue weighted by Crippen LogP contribution is -2.36. The zero-order valence-electron chi connectivity index (χ0n) is 9.08. The molecule has 0 bridgehead atoms. The van der Waals surface area contributed by atoms with Crippen molar-refractivity contribution < 1.29 is 8.42 Å². The van der Waals surface area contributed by atoms with Crippen LogP contribution < -0.4 is 5.73 Å². The Labute approximate surface area is 89.7 Å². The van der Waals surface area contributed by atoms with E-state index in [0.717, 1.165) is 0 Å². The molecule has 7 heteroatoms. The van der Waals surface area contributed by atoms with Crippen LogP contribution in [0.2, 0.25) is 0 Å². The highest BCUT2D eigenvalue weighted by atomic mass is 32.2. The van der Waals surface area contributed by atoms with E-state index in [0.29, 0.717) is 0 Å². The van der Waals surface area contributed by atoms with Crippen LogP contribution in [0, 0.1) is 0 Å². The largest absolute Gasteiger partial charge is 0.327 e. The van der Waals surface area contributed by atoms with Crippen LogP contribution >= 0.6 is 0 Å². The number of hydrogen-bond donors (Lipinski definition) is 1. The summed E-state index contributed by atoms with van der Waals surface area (Å²) >= 11 is 0. The Balaban J connectivity index is 2.93. The third kappa shape index (κ3) is 2.77. The molecule has 1 unspecified atom stereocenters. The number of aryl methyl sites for hydroxylation is 1. The van der Waals surface area contributed by atoms with E-state index in [1.54, 1.807) is 14.0 Å². The lowest BCUT2D eigenvalue weighted by atomic mass is 10.4. The Hall–Kier alpha value is -0.920. The van der Waals surface area contributed by atoms with Crippen LogP contribution in [0.25, 0.3) is 0 Å². The predicted octanol–water partition coefficient (Wildman–Crippen LogP) is -0.612. The minimum absolute atomic E-state index is 0.188. The Morgan fingerprint density at radius 3 is 2.67 bits per heavy atom. The zero-order valence-corrected chi connectivity index (χ0v) is 9.90. The molecule has 1 atom stereocenters. The second-order valence-corrected chi connectivity index (χ2v) is 5.66. The maximum absolute atomic E-state index is 11.9. The highest BCUT2D eigenvalue weighted by Crippen LogP contribution is 2.12. The minimum Gasteiger partial charge on any atom is -0.327 e. The van der Waals surface area contributed by atoms with Gasteiger partial charge in [0.1, 0.15) is 4.90 Å². The van der Waals surface area contributed by atoms with E-state index in [1.807, 2.05) is 0 Å². The molecule has 0 aliphatic carbocycles. The number of likely N-dealkylation sites (N-methyl/N-ethyl adjacent to an activating group) is 1. The van der Waals surface area contributed by atoms with Gasteiger partial charge in [0.25, 0.3) is 0 Å². The molecule has 0 aromatic carbocycles. The second kappa shape index (κ2) is 4.30. The van der Waals surface area contributed by atoms with Gasteiger partial charge in [-0.3, -0.25) is 4.68 Å². The molecule has 0 aliphatic heterocycles. The highest BCUT2D eigenvalue weighted by molar-refractivity contribution is 7.89. The van der Waals surface area contributed by atoms with Crippen LogP contribution in [0.3, 0.4) is 0 Å². The molecule has 0 saturated heterocycles. The molecule has 6 nitrogen and oxygen atoms in total. The van der Waals surface area contributed by atoms with Crippen LogP contribution in [-0.4, -0.2) is 42.1 Å². The quantitative estimate of drug-likeness (QED) is 0.750. The average molecular weight is 232 g/mol. The van der Waals surface area contributed by atoms with Gasteiger partial charge in [-0.25, -0.2) is 8.42 Å². The SMILES string of the molecule is CC(N)CN(C)S(=O)(=O)c1cnn(C)c1. The van der Waals surface area contributed by atoms with E-state index >= 15 is 0 Å². The van der Waals surface area contributed by atoms with Gasteiger partial charge in [0.15, 0.2) is 0 Å². The molecular formula is C8H16N4O2S. The Morgan fingerprint density at radius 1 is 1.67 bits per heavy atom. The number of sulfonamides is 1.